The van der Waals surface area contributed by atoms with Crippen LogP contribution in [0.15, 0.2) is 24.3 Å². The number of para-hydroxylation sites is 2. The van der Waals surface area contributed by atoms with Gasteiger partial charge in [-0.2, -0.15) is 0 Å². The van der Waals surface area contributed by atoms with E-state index in [-0.39, 0.29) is 12.6 Å². The Hall–Kier alpha value is -1.27. The van der Waals surface area contributed by atoms with Crippen LogP contribution in [0.1, 0.15) is 13.8 Å². The lowest BCUT2D eigenvalue weighted by Crippen LogP contribution is -2.42. The number of sulfonamides is 1. The first-order valence-corrected chi connectivity index (χ1v) is 7.40. The predicted octanol–water partition coefficient (Wildman–Crippen LogP) is 1.15. The van der Waals surface area contributed by atoms with Gasteiger partial charge in [-0.1, -0.05) is 12.1 Å². The molecule has 1 aliphatic heterocycles. The Morgan fingerprint density at radius 1 is 1.33 bits per heavy atom. The Morgan fingerprint density at radius 2 is 2.00 bits per heavy atom. The molecule has 5 nitrogen and oxygen atoms in total. The molecule has 0 aromatic heterocycles. The molecule has 1 aliphatic rings. The average Bonchev–Trinajstić information content (AvgIpc) is 2.36. The molecule has 0 aliphatic carbocycles. The second-order valence-electron chi connectivity index (χ2n) is 4.44. The number of rotatable bonds is 4. The highest BCUT2D eigenvalue weighted by Gasteiger charge is 2.23. The summed E-state index contributed by atoms with van der Waals surface area (Å²) in [5, 5.41) is -0.450. The quantitative estimate of drug-likeness (QED) is 0.892. The molecule has 0 fully saturated rings. The summed E-state index contributed by atoms with van der Waals surface area (Å²) in [4.78, 5) is 0. The molecule has 100 valence electrons. The summed E-state index contributed by atoms with van der Waals surface area (Å²) < 4.78 is 36.9. The summed E-state index contributed by atoms with van der Waals surface area (Å²) in [6, 6.07) is 7.34. The van der Waals surface area contributed by atoms with Crippen LogP contribution < -0.4 is 14.2 Å². The highest BCUT2D eigenvalue weighted by molar-refractivity contribution is 7.90. The van der Waals surface area contributed by atoms with Crippen LogP contribution in [-0.2, 0) is 10.0 Å². The van der Waals surface area contributed by atoms with Crippen molar-refractivity contribution in [3.8, 4) is 11.5 Å². The number of benzene rings is 1. The SMILES string of the molecule is CC(C)S(=O)(=O)NCC1COc2ccccc2O1. The van der Waals surface area contributed by atoms with E-state index < -0.39 is 15.3 Å². The van der Waals surface area contributed by atoms with Crippen LogP contribution in [0, 0.1) is 0 Å². The lowest BCUT2D eigenvalue weighted by atomic mass is 10.2. The van der Waals surface area contributed by atoms with Crippen molar-refractivity contribution in [1.29, 1.82) is 0 Å². The minimum absolute atomic E-state index is 0.217. The van der Waals surface area contributed by atoms with Gasteiger partial charge in [0.1, 0.15) is 12.7 Å². The van der Waals surface area contributed by atoms with Gasteiger partial charge in [-0.15, -0.1) is 0 Å². The standard InChI is InChI=1S/C12H17NO4S/c1-9(2)18(14,15)13-7-10-8-16-11-5-3-4-6-12(11)17-10/h3-6,9-10,13H,7-8H2,1-2H3. The average molecular weight is 271 g/mol. The van der Waals surface area contributed by atoms with E-state index in [2.05, 4.69) is 4.72 Å². The molecule has 1 aromatic rings. The van der Waals surface area contributed by atoms with Gasteiger partial charge in [0, 0.05) is 0 Å². The maximum atomic E-state index is 11.6. The molecule has 6 heteroatoms. The van der Waals surface area contributed by atoms with Gasteiger partial charge in [-0.25, -0.2) is 13.1 Å². The van der Waals surface area contributed by atoms with E-state index in [1.54, 1.807) is 19.9 Å². The number of ether oxygens (including phenoxy) is 2. The first kappa shape index (κ1) is 13.2. The monoisotopic (exact) mass is 271 g/mol. The Bertz CT molecular complexity index is 513. The first-order valence-electron chi connectivity index (χ1n) is 5.86. The molecule has 18 heavy (non-hydrogen) atoms. The van der Waals surface area contributed by atoms with Crippen LogP contribution in [0.4, 0.5) is 0 Å². The Morgan fingerprint density at radius 3 is 2.67 bits per heavy atom. The van der Waals surface area contributed by atoms with Crippen molar-refractivity contribution in [1.82, 2.24) is 4.72 Å². The fraction of sp³-hybridized carbons (Fsp3) is 0.500. The van der Waals surface area contributed by atoms with E-state index in [0.717, 1.165) is 0 Å². The lowest BCUT2D eigenvalue weighted by Gasteiger charge is -2.26. The summed E-state index contributed by atoms with van der Waals surface area (Å²) in [6.07, 6.45) is -0.298. The van der Waals surface area contributed by atoms with E-state index >= 15 is 0 Å². The van der Waals surface area contributed by atoms with E-state index in [9.17, 15) is 8.42 Å². The highest BCUT2D eigenvalue weighted by atomic mass is 32.2. The second-order valence-corrected chi connectivity index (χ2v) is 6.76. The summed E-state index contributed by atoms with van der Waals surface area (Å²) in [5.41, 5.74) is 0. The molecule has 1 atom stereocenters. The van der Waals surface area contributed by atoms with Crippen LogP contribution in [-0.4, -0.2) is 32.9 Å². The van der Waals surface area contributed by atoms with Gasteiger partial charge in [0.15, 0.2) is 11.5 Å². The normalized spacial score (nSPS) is 18.9. The largest absolute Gasteiger partial charge is 0.486 e. The smallest absolute Gasteiger partial charge is 0.214 e. The van der Waals surface area contributed by atoms with Crippen LogP contribution >= 0.6 is 0 Å². The highest BCUT2D eigenvalue weighted by Crippen LogP contribution is 2.30. The number of fused-ring (bicyclic) bond motifs is 1. The molecule has 0 saturated carbocycles. The molecular weight excluding hydrogens is 254 g/mol. The van der Waals surface area contributed by atoms with E-state index in [4.69, 9.17) is 9.47 Å². The van der Waals surface area contributed by atoms with Crippen molar-refractivity contribution in [2.24, 2.45) is 0 Å². The number of hydrogen-bond donors (Lipinski definition) is 1. The molecule has 2 rings (SSSR count). The molecule has 0 bridgehead atoms. The van der Waals surface area contributed by atoms with Crippen molar-refractivity contribution >= 4 is 10.0 Å². The van der Waals surface area contributed by atoms with Gasteiger partial charge in [0.2, 0.25) is 10.0 Å². The molecule has 0 saturated heterocycles. The number of hydrogen-bond acceptors (Lipinski definition) is 4. The van der Waals surface area contributed by atoms with Crippen molar-refractivity contribution in [3.63, 3.8) is 0 Å². The van der Waals surface area contributed by atoms with Crippen LogP contribution in [0.25, 0.3) is 0 Å². The fourth-order valence-electron chi connectivity index (χ4n) is 1.54. The van der Waals surface area contributed by atoms with Crippen LogP contribution in [0.3, 0.4) is 0 Å². The third kappa shape index (κ3) is 2.94. The zero-order chi connectivity index (χ0) is 13.2. The minimum atomic E-state index is -3.26. The van der Waals surface area contributed by atoms with Gasteiger partial charge in [-0.05, 0) is 26.0 Å². The molecule has 1 heterocycles. The summed E-state index contributed by atoms with van der Waals surface area (Å²) in [6.45, 7) is 3.83. The maximum Gasteiger partial charge on any atom is 0.214 e. The Balaban J connectivity index is 1.95. The second kappa shape index (κ2) is 5.16. The molecule has 1 aromatic carbocycles. The van der Waals surface area contributed by atoms with Gasteiger partial charge in [0.05, 0.1) is 11.8 Å². The molecule has 0 amide bonds. The molecule has 1 N–H and O–H groups in total. The zero-order valence-corrected chi connectivity index (χ0v) is 11.2. The summed E-state index contributed by atoms with van der Waals surface area (Å²) >= 11 is 0. The number of nitrogens with one attached hydrogen (secondary N) is 1. The minimum Gasteiger partial charge on any atom is -0.486 e. The fourth-order valence-corrected chi connectivity index (χ4v) is 2.29. The van der Waals surface area contributed by atoms with Crippen LogP contribution in [0.5, 0.6) is 11.5 Å². The van der Waals surface area contributed by atoms with E-state index in [1.807, 2.05) is 18.2 Å². The van der Waals surface area contributed by atoms with Gasteiger partial charge in [0.25, 0.3) is 0 Å². The Labute approximate surface area is 107 Å². The lowest BCUT2D eigenvalue weighted by molar-refractivity contribution is 0.0942. The van der Waals surface area contributed by atoms with Crippen molar-refractivity contribution in [2.75, 3.05) is 13.2 Å². The van der Waals surface area contributed by atoms with Crippen molar-refractivity contribution in [2.45, 2.75) is 25.2 Å². The predicted molar refractivity (Wildman–Crippen MR) is 68.4 cm³/mol. The van der Waals surface area contributed by atoms with E-state index in [0.29, 0.717) is 18.1 Å². The molecular formula is C12H17NO4S. The van der Waals surface area contributed by atoms with Crippen molar-refractivity contribution in [3.05, 3.63) is 24.3 Å². The third-order valence-electron chi connectivity index (χ3n) is 2.70. The maximum absolute atomic E-state index is 11.6. The third-order valence-corrected chi connectivity index (χ3v) is 4.51. The molecule has 0 spiro atoms. The van der Waals surface area contributed by atoms with Gasteiger partial charge in [-0.3, -0.25) is 0 Å². The Kier molecular flexibility index (Phi) is 3.77. The zero-order valence-electron chi connectivity index (χ0n) is 10.4. The summed E-state index contributed by atoms with van der Waals surface area (Å²) in [7, 11) is -3.26. The van der Waals surface area contributed by atoms with Crippen molar-refractivity contribution < 1.29 is 17.9 Å². The molecule has 1 unspecified atom stereocenters. The van der Waals surface area contributed by atoms with Crippen LogP contribution in [0.2, 0.25) is 0 Å². The summed E-state index contributed by atoms with van der Waals surface area (Å²) in [5.74, 6) is 1.35. The van der Waals surface area contributed by atoms with Gasteiger partial charge >= 0.3 is 0 Å². The molecule has 0 radical (unpaired) electrons. The van der Waals surface area contributed by atoms with E-state index in [1.165, 1.54) is 0 Å². The first-order chi connectivity index (χ1) is 8.49. The van der Waals surface area contributed by atoms with Gasteiger partial charge < -0.3 is 9.47 Å². The topological polar surface area (TPSA) is 64.6 Å².